The van der Waals surface area contributed by atoms with Gasteiger partial charge in [0.05, 0.1) is 10.5 Å². The minimum Gasteiger partial charge on any atom is -0.506 e. The van der Waals surface area contributed by atoms with E-state index in [1.807, 2.05) is 0 Å². The van der Waals surface area contributed by atoms with Gasteiger partial charge in [0.15, 0.2) is 5.78 Å². The van der Waals surface area contributed by atoms with E-state index in [-0.39, 0.29) is 28.2 Å². The summed E-state index contributed by atoms with van der Waals surface area (Å²) >= 11 is 0. The average Bonchev–Trinajstić information content (AvgIpc) is 2.28. The summed E-state index contributed by atoms with van der Waals surface area (Å²) in [5, 5.41) is 21.4. The number of aromatic hydroxyl groups is 1. The second-order valence-electron chi connectivity index (χ2n) is 3.65. The first kappa shape index (κ1) is 11.1. The first-order valence-corrected chi connectivity index (χ1v) is 4.92. The van der Waals surface area contributed by atoms with Crippen molar-refractivity contribution in [3.63, 3.8) is 0 Å². The van der Waals surface area contributed by atoms with Gasteiger partial charge in [0.25, 0.3) is 5.69 Å². The van der Waals surface area contributed by atoms with E-state index in [1.54, 1.807) is 12.1 Å². The lowest BCUT2D eigenvalue weighted by Crippen LogP contribution is -1.95. The highest BCUT2D eigenvalue weighted by atomic mass is 16.6. The normalized spacial score (nSPS) is 10.4. The zero-order chi connectivity index (χ0) is 12.6. The first-order valence-electron chi connectivity index (χ1n) is 4.92. The topological polar surface area (TPSA) is 80.4 Å². The van der Waals surface area contributed by atoms with Crippen molar-refractivity contribution in [2.45, 2.75) is 6.92 Å². The monoisotopic (exact) mass is 231 g/mol. The van der Waals surface area contributed by atoms with Crippen LogP contribution >= 0.6 is 0 Å². The first-order chi connectivity index (χ1) is 8.02. The van der Waals surface area contributed by atoms with E-state index in [2.05, 4.69) is 0 Å². The molecule has 0 fully saturated rings. The number of nitro groups is 1. The Balaban J connectivity index is 2.91. The van der Waals surface area contributed by atoms with E-state index >= 15 is 0 Å². The molecule has 86 valence electrons. The fourth-order valence-electron chi connectivity index (χ4n) is 1.78. The van der Waals surface area contributed by atoms with Crippen molar-refractivity contribution in [1.82, 2.24) is 0 Å². The van der Waals surface area contributed by atoms with Gasteiger partial charge in [-0.1, -0.05) is 18.2 Å². The van der Waals surface area contributed by atoms with Crippen LogP contribution in [-0.4, -0.2) is 15.8 Å². The number of fused-ring (bicyclic) bond motifs is 1. The SMILES string of the molecule is CC(=O)c1ccc2cccc([N+](=O)[O-])c2c1O. The number of carbonyl (C=O) groups excluding carboxylic acids is 1. The summed E-state index contributed by atoms with van der Waals surface area (Å²) in [6, 6.07) is 7.52. The highest BCUT2D eigenvalue weighted by Gasteiger charge is 2.18. The molecule has 5 nitrogen and oxygen atoms in total. The van der Waals surface area contributed by atoms with Gasteiger partial charge < -0.3 is 5.11 Å². The van der Waals surface area contributed by atoms with Crippen molar-refractivity contribution in [3.05, 3.63) is 46.0 Å². The van der Waals surface area contributed by atoms with Crippen molar-refractivity contribution in [2.24, 2.45) is 0 Å². The summed E-state index contributed by atoms with van der Waals surface area (Å²) in [4.78, 5) is 21.5. The Kier molecular flexibility index (Phi) is 2.51. The van der Waals surface area contributed by atoms with Gasteiger partial charge in [0.1, 0.15) is 11.1 Å². The summed E-state index contributed by atoms with van der Waals surface area (Å²) < 4.78 is 0. The Morgan fingerprint density at radius 2 is 2.00 bits per heavy atom. The average molecular weight is 231 g/mol. The second-order valence-corrected chi connectivity index (χ2v) is 3.65. The Morgan fingerprint density at radius 3 is 2.59 bits per heavy atom. The predicted molar refractivity (Wildman–Crippen MR) is 62.3 cm³/mol. The van der Waals surface area contributed by atoms with Crippen molar-refractivity contribution >= 4 is 22.2 Å². The highest BCUT2D eigenvalue weighted by Crippen LogP contribution is 2.35. The van der Waals surface area contributed by atoms with E-state index in [9.17, 15) is 20.0 Å². The maximum Gasteiger partial charge on any atom is 0.280 e. The van der Waals surface area contributed by atoms with Crippen LogP contribution in [0.25, 0.3) is 10.8 Å². The Labute approximate surface area is 96.5 Å². The second kappa shape index (κ2) is 3.86. The molecule has 0 unspecified atom stereocenters. The Hall–Kier alpha value is -2.43. The third-order valence-corrected chi connectivity index (χ3v) is 2.57. The van der Waals surface area contributed by atoms with Gasteiger partial charge in [0.2, 0.25) is 0 Å². The van der Waals surface area contributed by atoms with E-state index in [0.717, 1.165) is 0 Å². The Morgan fingerprint density at radius 1 is 1.29 bits per heavy atom. The third-order valence-electron chi connectivity index (χ3n) is 2.57. The lowest BCUT2D eigenvalue weighted by atomic mass is 10.0. The number of rotatable bonds is 2. The zero-order valence-corrected chi connectivity index (χ0v) is 9.01. The maximum atomic E-state index is 11.3. The molecule has 0 saturated heterocycles. The number of phenols is 1. The van der Waals surface area contributed by atoms with Crippen molar-refractivity contribution < 1.29 is 14.8 Å². The number of nitrogens with zero attached hydrogens (tertiary/aromatic N) is 1. The fourth-order valence-corrected chi connectivity index (χ4v) is 1.78. The summed E-state index contributed by atoms with van der Waals surface area (Å²) in [5.74, 6) is -0.662. The molecule has 5 heteroatoms. The third kappa shape index (κ3) is 1.71. The molecule has 0 radical (unpaired) electrons. The number of hydrogen-bond donors (Lipinski definition) is 1. The fraction of sp³-hybridized carbons (Fsp3) is 0.0833. The van der Waals surface area contributed by atoms with Gasteiger partial charge >= 0.3 is 0 Å². The molecule has 0 atom stereocenters. The zero-order valence-electron chi connectivity index (χ0n) is 9.01. The molecule has 0 bridgehead atoms. The number of ketones is 1. The number of carbonyl (C=O) groups is 1. The minimum absolute atomic E-state index is 0.0896. The van der Waals surface area contributed by atoms with Crippen LogP contribution < -0.4 is 0 Å². The molecule has 0 spiro atoms. The molecule has 0 saturated carbocycles. The molecule has 0 aliphatic carbocycles. The van der Waals surface area contributed by atoms with Crippen LogP contribution in [0.5, 0.6) is 5.75 Å². The standard InChI is InChI=1S/C12H9NO4/c1-7(14)9-6-5-8-3-2-4-10(13(16)17)11(8)12(9)15/h2-6,15H,1H3. The van der Waals surface area contributed by atoms with Gasteiger partial charge in [-0.05, 0) is 18.4 Å². The van der Waals surface area contributed by atoms with Gasteiger partial charge in [-0.3, -0.25) is 14.9 Å². The van der Waals surface area contributed by atoms with Crippen LogP contribution in [0.1, 0.15) is 17.3 Å². The van der Waals surface area contributed by atoms with Crippen molar-refractivity contribution in [1.29, 1.82) is 0 Å². The van der Waals surface area contributed by atoms with E-state index in [4.69, 9.17) is 0 Å². The Bertz CT molecular complexity index is 634. The number of non-ortho nitro benzene ring substituents is 1. The van der Waals surface area contributed by atoms with Gasteiger partial charge in [-0.15, -0.1) is 0 Å². The summed E-state index contributed by atoms with van der Waals surface area (Å²) in [6.45, 7) is 1.30. The number of nitro benzene ring substituents is 1. The largest absolute Gasteiger partial charge is 0.506 e. The van der Waals surface area contributed by atoms with Gasteiger partial charge in [-0.2, -0.15) is 0 Å². The molecule has 1 N–H and O–H groups in total. The van der Waals surface area contributed by atoms with E-state index < -0.39 is 4.92 Å². The molecular weight excluding hydrogens is 222 g/mol. The van der Waals surface area contributed by atoms with E-state index in [1.165, 1.54) is 25.1 Å². The molecule has 0 heterocycles. The minimum atomic E-state index is -0.577. The summed E-state index contributed by atoms with van der Waals surface area (Å²) in [7, 11) is 0. The van der Waals surface area contributed by atoms with E-state index in [0.29, 0.717) is 5.39 Å². The molecule has 0 aliphatic rings. The molecular formula is C12H9NO4. The predicted octanol–water partition coefficient (Wildman–Crippen LogP) is 2.66. The summed E-state index contributed by atoms with van der Waals surface area (Å²) in [5.41, 5.74) is -0.116. The maximum absolute atomic E-state index is 11.3. The molecule has 0 aliphatic heterocycles. The number of phenolic OH excluding ortho intramolecular Hbond substituents is 1. The van der Waals surface area contributed by atoms with Gasteiger partial charge in [0, 0.05) is 6.07 Å². The quantitative estimate of drug-likeness (QED) is 0.489. The summed E-state index contributed by atoms with van der Waals surface area (Å²) in [6.07, 6.45) is 0. The molecule has 2 aromatic carbocycles. The molecule has 2 rings (SSSR count). The number of hydrogen-bond acceptors (Lipinski definition) is 4. The van der Waals surface area contributed by atoms with Crippen molar-refractivity contribution in [2.75, 3.05) is 0 Å². The molecule has 0 aromatic heterocycles. The van der Waals surface area contributed by atoms with Crippen LogP contribution in [-0.2, 0) is 0 Å². The van der Waals surface area contributed by atoms with Crippen LogP contribution in [0, 0.1) is 10.1 Å². The van der Waals surface area contributed by atoms with Crippen LogP contribution in [0.2, 0.25) is 0 Å². The molecule has 17 heavy (non-hydrogen) atoms. The highest BCUT2D eigenvalue weighted by molar-refractivity contribution is 6.06. The molecule has 0 amide bonds. The lowest BCUT2D eigenvalue weighted by Gasteiger charge is -2.05. The van der Waals surface area contributed by atoms with Crippen LogP contribution in [0.4, 0.5) is 5.69 Å². The van der Waals surface area contributed by atoms with Crippen molar-refractivity contribution in [3.8, 4) is 5.75 Å². The van der Waals surface area contributed by atoms with Crippen LogP contribution in [0.15, 0.2) is 30.3 Å². The van der Waals surface area contributed by atoms with Gasteiger partial charge in [-0.25, -0.2) is 0 Å². The number of Topliss-reactive ketones (excluding diaryl/α,β-unsaturated/α-hetero) is 1. The molecule has 2 aromatic rings. The lowest BCUT2D eigenvalue weighted by molar-refractivity contribution is -0.383. The van der Waals surface area contributed by atoms with Crippen LogP contribution in [0.3, 0.4) is 0 Å². The smallest absolute Gasteiger partial charge is 0.280 e. The number of benzene rings is 2.